The molecule has 1 aromatic heterocycles. The number of nitrogens with two attached hydrogens (primary N) is 1. The number of anilines is 1. The number of rotatable bonds is 10. The molecule has 0 saturated carbocycles. The molecule has 0 radical (unpaired) electrons. The van der Waals surface area contributed by atoms with Gasteiger partial charge in [-0.25, -0.2) is 4.98 Å². The Labute approximate surface area is 288 Å². The SMILES string of the molecule is CN1CCN(c2ccc(-c3nc4cc(C(CC(N)=O)NCc5ccc(Cl)c(Cl)c5)ccc4n3Cc3ccc(Cl)c(Cl)c3)cc2)CC1. The molecule has 1 aliphatic heterocycles. The molecule has 1 fully saturated rings. The van der Waals surface area contributed by atoms with Gasteiger partial charge in [0.2, 0.25) is 5.91 Å². The maximum atomic E-state index is 12.1. The van der Waals surface area contributed by atoms with Crippen LogP contribution in [-0.2, 0) is 17.9 Å². The smallest absolute Gasteiger partial charge is 0.219 e. The molecule has 1 amide bonds. The normalized spacial score (nSPS) is 14.6. The van der Waals surface area contributed by atoms with Gasteiger partial charge in [-0.3, -0.25) is 4.79 Å². The Bertz CT molecular complexity index is 1870. The van der Waals surface area contributed by atoms with Crippen LogP contribution in [0.2, 0.25) is 20.1 Å². The number of carbonyl (C=O) groups excluding carboxylic acids is 1. The summed E-state index contributed by atoms with van der Waals surface area (Å²) in [6.07, 6.45) is 0.122. The molecule has 1 saturated heterocycles. The first-order valence-electron chi connectivity index (χ1n) is 15.1. The number of halogens is 4. The van der Waals surface area contributed by atoms with Gasteiger partial charge in [0.15, 0.2) is 0 Å². The third-order valence-corrected chi connectivity index (χ3v) is 9.91. The Morgan fingerprint density at radius 3 is 2.13 bits per heavy atom. The van der Waals surface area contributed by atoms with Gasteiger partial charge in [-0.15, -0.1) is 0 Å². The number of nitrogens with one attached hydrogen (secondary N) is 1. The van der Waals surface area contributed by atoms with Crippen LogP contribution in [0.15, 0.2) is 78.9 Å². The van der Waals surface area contributed by atoms with E-state index < -0.39 is 5.91 Å². The molecule has 5 aromatic rings. The van der Waals surface area contributed by atoms with Crippen molar-refractivity contribution in [3.63, 3.8) is 0 Å². The van der Waals surface area contributed by atoms with Crippen LogP contribution >= 0.6 is 46.4 Å². The molecule has 0 spiro atoms. The first kappa shape index (κ1) is 32.6. The van der Waals surface area contributed by atoms with Gasteiger partial charge >= 0.3 is 0 Å². The molecule has 1 aliphatic rings. The number of aromatic nitrogens is 2. The summed E-state index contributed by atoms with van der Waals surface area (Å²) in [6, 6.07) is 25.5. The minimum atomic E-state index is -0.405. The highest BCUT2D eigenvalue weighted by Crippen LogP contribution is 2.32. The number of hydrogen-bond donors (Lipinski definition) is 2. The molecule has 1 unspecified atom stereocenters. The fraction of sp³-hybridized carbons (Fsp3) is 0.257. The van der Waals surface area contributed by atoms with E-state index in [0.29, 0.717) is 33.2 Å². The average Bonchev–Trinajstić information content (AvgIpc) is 3.40. The van der Waals surface area contributed by atoms with E-state index >= 15 is 0 Å². The monoisotopic (exact) mass is 694 g/mol. The van der Waals surface area contributed by atoms with Crippen LogP contribution in [0.4, 0.5) is 5.69 Å². The Kier molecular flexibility index (Phi) is 10.1. The van der Waals surface area contributed by atoms with Crippen LogP contribution in [-0.4, -0.2) is 53.6 Å². The Balaban J connectivity index is 1.35. The number of primary amides is 1. The summed E-state index contributed by atoms with van der Waals surface area (Å²) in [4.78, 5) is 22.0. The average molecular weight is 697 g/mol. The molecule has 6 rings (SSSR count). The van der Waals surface area contributed by atoms with E-state index in [0.717, 1.165) is 65.3 Å². The zero-order valence-corrected chi connectivity index (χ0v) is 28.3. The highest BCUT2D eigenvalue weighted by atomic mass is 35.5. The van der Waals surface area contributed by atoms with Crippen LogP contribution in [0, 0.1) is 0 Å². The summed E-state index contributed by atoms with van der Waals surface area (Å²) in [5, 5.41) is 5.46. The lowest BCUT2D eigenvalue weighted by atomic mass is 10.0. The van der Waals surface area contributed by atoms with Crippen molar-refractivity contribution in [1.29, 1.82) is 0 Å². The maximum absolute atomic E-state index is 12.1. The van der Waals surface area contributed by atoms with Gasteiger partial charge < -0.3 is 25.4 Å². The molecule has 0 aliphatic carbocycles. The summed E-state index contributed by atoms with van der Waals surface area (Å²) >= 11 is 24.9. The van der Waals surface area contributed by atoms with Gasteiger partial charge in [0.25, 0.3) is 0 Å². The number of carbonyl (C=O) groups is 1. The molecule has 4 aromatic carbocycles. The summed E-state index contributed by atoms with van der Waals surface area (Å²) < 4.78 is 2.19. The molecule has 3 N–H and O–H groups in total. The zero-order chi connectivity index (χ0) is 32.4. The lowest BCUT2D eigenvalue weighted by Gasteiger charge is -2.34. The number of benzene rings is 4. The van der Waals surface area contributed by atoms with E-state index in [2.05, 4.69) is 51.0 Å². The van der Waals surface area contributed by atoms with Gasteiger partial charge in [-0.1, -0.05) is 64.6 Å². The summed E-state index contributed by atoms with van der Waals surface area (Å²) in [5.74, 6) is 0.427. The number of imidazole rings is 1. The van der Waals surface area contributed by atoms with Crippen LogP contribution < -0.4 is 16.0 Å². The molecule has 1 atom stereocenters. The van der Waals surface area contributed by atoms with Crippen molar-refractivity contribution in [3.8, 4) is 11.4 Å². The first-order valence-corrected chi connectivity index (χ1v) is 16.6. The van der Waals surface area contributed by atoms with Gasteiger partial charge in [0.1, 0.15) is 5.82 Å². The number of fused-ring (bicyclic) bond motifs is 1. The van der Waals surface area contributed by atoms with Crippen molar-refractivity contribution in [2.75, 3.05) is 38.1 Å². The molecule has 46 heavy (non-hydrogen) atoms. The van der Waals surface area contributed by atoms with Crippen molar-refractivity contribution in [2.24, 2.45) is 5.73 Å². The fourth-order valence-corrected chi connectivity index (χ4v) is 6.49. The Hall–Kier alpha value is -3.30. The van der Waals surface area contributed by atoms with Crippen LogP contribution in [0.25, 0.3) is 22.4 Å². The number of piperazine rings is 1. The van der Waals surface area contributed by atoms with E-state index in [1.807, 2.05) is 48.5 Å². The second kappa shape index (κ2) is 14.2. The van der Waals surface area contributed by atoms with Crippen LogP contribution in [0.3, 0.4) is 0 Å². The van der Waals surface area contributed by atoms with Crippen LogP contribution in [0.1, 0.15) is 29.2 Å². The summed E-state index contributed by atoms with van der Waals surface area (Å²) in [6.45, 7) is 5.11. The highest BCUT2D eigenvalue weighted by Gasteiger charge is 2.20. The lowest BCUT2D eigenvalue weighted by Crippen LogP contribution is -2.44. The molecular weight excluding hydrogens is 662 g/mol. The quantitative estimate of drug-likeness (QED) is 0.156. The third kappa shape index (κ3) is 7.46. The third-order valence-electron chi connectivity index (χ3n) is 8.44. The van der Waals surface area contributed by atoms with Gasteiger partial charge in [-0.2, -0.15) is 0 Å². The molecular formula is C35H34Cl4N6O. The topological polar surface area (TPSA) is 79.4 Å². The van der Waals surface area contributed by atoms with Crippen molar-refractivity contribution in [1.82, 2.24) is 19.8 Å². The largest absolute Gasteiger partial charge is 0.370 e. The van der Waals surface area contributed by atoms with Crippen molar-refractivity contribution >= 4 is 69.0 Å². The van der Waals surface area contributed by atoms with E-state index in [4.69, 9.17) is 57.1 Å². The minimum absolute atomic E-state index is 0.122. The number of nitrogens with zero attached hydrogens (tertiary/aromatic N) is 4. The van der Waals surface area contributed by atoms with Crippen molar-refractivity contribution in [3.05, 3.63) is 116 Å². The van der Waals surface area contributed by atoms with Gasteiger partial charge in [0.05, 0.1) is 31.1 Å². The van der Waals surface area contributed by atoms with Gasteiger partial charge in [0, 0.05) is 63.0 Å². The Morgan fingerprint density at radius 1 is 0.826 bits per heavy atom. The maximum Gasteiger partial charge on any atom is 0.219 e. The van der Waals surface area contributed by atoms with E-state index in [1.165, 1.54) is 5.69 Å². The van der Waals surface area contributed by atoms with E-state index in [1.54, 1.807) is 6.07 Å². The van der Waals surface area contributed by atoms with E-state index in [9.17, 15) is 4.79 Å². The zero-order valence-electron chi connectivity index (χ0n) is 25.3. The molecule has 7 nitrogen and oxygen atoms in total. The first-order chi connectivity index (χ1) is 22.1. The fourth-order valence-electron chi connectivity index (χ4n) is 5.85. The molecule has 11 heteroatoms. The van der Waals surface area contributed by atoms with Gasteiger partial charge in [-0.05, 0) is 84.4 Å². The highest BCUT2D eigenvalue weighted by molar-refractivity contribution is 6.42. The predicted octanol–water partition coefficient (Wildman–Crippen LogP) is 7.82. The second-order valence-corrected chi connectivity index (χ2v) is 13.3. The second-order valence-electron chi connectivity index (χ2n) is 11.7. The van der Waals surface area contributed by atoms with Crippen molar-refractivity contribution in [2.45, 2.75) is 25.6 Å². The molecule has 2 heterocycles. The minimum Gasteiger partial charge on any atom is -0.370 e. The predicted molar refractivity (Wildman–Crippen MR) is 190 cm³/mol. The Morgan fingerprint density at radius 2 is 1.48 bits per heavy atom. The molecule has 238 valence electrons. The number of likely N-dealkylation sites (N-methyl/N-ethyl adjacent to an activating group) is 1. The standard InChI is InChI=1S/C35H34Cl4N6O/c1-43-12-14-44(15-13-43)26-7-4-24(5-8-26)35-42-32-18-25(6-11-33(32)45(35)21-23-3-10-28(37)30(39)17-23)31(19-34(40)46)41-20-22-2-9-27(36)29(38)16-22/h2-11,16-18,31,41H,12-15,19-21H2,1H3,(H2,40,46). The molecule has 0 bridgehead atoms. The number of amides is 1. The van der Waals surface area contributed by atoms with Crippen LogP contribution in [0.5, 0.6) is 0 Å². The number of hydrogen-bond acceptors (Lipinski definition) is 5. The van der Waals surface area contributed by atoms with E-state index in [-0.39, 0.29) is 12.5 Å². The summed E-state index contributed by atoms with van der Waals surface area (Å²) in [5.41, 5.74) is 12.5. The lowest BCUT2D eigenvalue weighted by molar-refractivity contribution is -0.118. The van der Waals surface area contributed by atoms with Crippen molar-refractivity contribution < 1.29 is 4.79 Å². The summed E-state index contributed by atoms with van der Waals surface area (Å²) in [7, 11) is 2.16.